The second-order valence-corrected chi connectivity index (χ2v) is 4.14. The van der Waals surface area contributed by atoms with Crippen LogP contribution in [0, 0.1) is 0 Å². The highest BCUT2D eigenvalue weighted by Gasteiger charge is 2.14. The number of carbonyl (C=O) groups is 1. The SMILES string of the molecule is C=C(N=C(C)CC)C(=O)NCC(C)(C)O. The van der Waals surface area contributed by atoms with Crippen molar-refractivity contribution in [1.82, 2.24) is 5.32 Å². The van der Waals surface area contributed by atoms with E-state index in [9.17, 15) is 9.90 Å². The third kappa shape index (κ3) is 6.85. The van der Waals surface area contributed by atoms with Crippen LogP contribution < -0.4 is 5.32 Å². The maximum atomic E-state index is 11.4. The Morgan fingerprint density at radius 1 is 1.53 bits per heavy atom. The van der Waals surface area contributed by atoms with Crippen LogP contribution in [0.3, 0.4) is 0 Å². The summed E-state index contributed by atoms with van der Waals surface area (Å²) < 4.78 is 0. The lowest BCUT2D eigenvalue weighted by atomic mass is 10.1. The summed E-state index contributed by atoms with van der Waals surface area (Å²) in [5, 5.41) is 12.0. The molecule has 0 aliphatic heterocycles. The topological polar surface area (TPSA) is 61.7 Å². The van der Waals surface area contributed by atoms with Crippen LogP contribution in [0.15, 0.2) is 17.3 Å². The molecular formula is C11H20N2O2. The highest BCUT2D eigenvalue weighted by molar-refractivity contribution is 5.96. The van der Waals surface area contributed by atoms with Gasteiger partial charge in [-0.2, -0.15) is 0 Å². The molecule has 0 saturated heterocycles. The Hall–Kier alpha value is -1.16. The Kier molecular flexibility index (Phi) is 5.22. The predicted octanol–water partition coefficient (Wildman–Crippen LogP) is 1.26. The molecule has 0 atom stereocenters. The molecule has 0 aliphatic carbocycles. The van der Waals surface area contributed by atoms with Crippen molar-refractivity contribution in [2.75, 3.05) is 6.54 Å². The summed E-state index contributed by atoms with van der Waals surface area (Å²) in [7, 11) is 0. The summed E-state index contributed by atoms with van der Waals surface area (Å²) in [6, 6.07) is 0. The zero-order valence-electron chi connectivity index (χ0n) is 9.92. The first-order chi connectivity index (χ1) is 6.76. The van der Waals surface area contributed by atoms with Gasteiger partial charge in [0.15, 0.2) is 0 Å². The van der Waals surface area contributed by atoms with Crippen LogP contribution in [0.5, 0.6) is 0 Å². The highest BCUT2D eigenvalue weighted by atomic mass is 16.3. The quantitative estimate of drug-likeness (QED) is 0.532. The van der Waals surface area contributed by atoms with Crippen LogP contribution in [-0.2, 0) is 4.79 Å². The first-order valence-corrected chi connectivity index (χ1v) is 5.00. The summed E-state index contributed by atoms with van der Waals surface area (Å²) in [4.78, 5) is 15.4. The lowest BCUT2D eigenvalue weighted by Gasteiger charge is -2.17. The van der Waals surface area contributed by atoms with Crippen LogP contribution in [0.2, 0.25) is 0 Å². The number of hydrogen-bond donors (Lipinski definition) is 2. The summed E-state index contributed by atoms with van der Waals surface area (Å²) in [5.41, 5.74) is 0.122. The van der Waals surface area contributed by atoms with Crippen molar-refractivity contribution < 1.29 is 9.90 Å². The second-order valence-electron chi connectivity index (χ2n) is 4.14. The predicted molar refractivity (Wildman–Crippen MR) is 61.8 cm³/mol. The molecule has 0 rings (SSSR count). The second kappa shape index (κ2) is 5.66. The number of aliphatic hydroxyl groups is 1. The number of hydrogen-bond acceptors (Lipinski definition) is 3. The van der Waals surface area contributed by atoms with E-state index in [0.717, 1.165) is 12.1 Å². The molecule has 0 heterocycles. The summed E-state index contributed by atoms with van der Waals surface area (Å²) in [5.74, 6) is -0.343. The van der Waals surface area contributed by atoms with Crippen LogP contribution in [-0.4, -0.2) is 28.9 Å². The summed E-state index contributed by atoms with van der Waals surface area (Å²) in [6.45, 7) is 10.8. The number of nitrogens with zero attached hydrogens (tertiary/aromatic N) is 1. The van der Waals surface area contributed by atoms with E-state index in [1.807, 2.05) is 13.8 Å². The monoisotopic (exact) mass is 212 g/mol. The van der Waals surface area contributed by atoms with Gasteiger partial charge in [-0.15, -0.1) is 0 Å². The minimum Gasteiger partial charge on any atom is -0.389 e. The molecule has 0 aromatic rings. The molecule has 15 heavy (non-hydrogen) atoms. The lowest BCUT2D eigenvalue weighted by molar-refractivity contribution is -0.118. The molecule has 0 aromatic carbocycles. The average Bonchev–Trinajstić information content (AvgIpc) is 2.12. The Labute approximate surface area is 91.1 Å². The van der Waals surface area contributed by atoms with Gasteiger partial charge in [0.05, 0.1) is 5.60 Å². The van der Waals surface area contributed by atoms with Gasteiger partial charge < -0.3 is 10.4 Å². The van der Waals surface area contributed by atoms with Gasteiger partial charge in [-0.05, 0) is 27.2 Å². The van der Waals surface area contributed by atoms with Gasteiger partial charge in [0.1, 0.15) is 5.70 Å². The molecule has 0 aliphatic rings. The minimum absolute atomic E-state index is 0.179. The maximum absolute atomic E-state index is 11.4. The van der Waals surface area contributed by atoms with Gasteiger partial charge in [0, 0.05) is 12.3 Å². The van der Waals surface area contributed by atoms with E-state index in [4.69, 9.17) is 0 Å². The first-order valence-electron chi connectivity index (χ1n) is 5.00. The third-order valence-corrected chi connectivity index (χ3v) is 1.78. The lowest BCUT2D eigenvalue weighted by Crippen LogP contribution is -2.38. The normalized spacial score (nSPS) is 12.5. The van der Waals surface area contributed by atoms with E-state index >= 15 is 0 Å². The standard InChI is InChI=1S/C11H20N2O2/c1-6-8(2)13-9(3)10(14)12-7-11(4,5)15/h15H,3,6-7H2,1-2,4-5H3,(H,12,14). The molecule has 2 N–H and O–H groups in total. The smallest absolute Gasteiger partial charge is 0.269 e. The molecule has 4 heteroatoms. The fraction of sp³-hybridized carbons (Fsp3) is 0.636. The molecule has 86 valence electrons. The third-order valence-electron chi connectivity index (χ3n) is 1.78. The average molecular weight is 212 g/mol. The molecule has 0 fully saturated rings. The fourth-order valence-electron chi connectivity index (χ4n) is 0.759. The van der Waals surface area contributed by atoms with Crippen LogP contribution in [0.25, 0.3) is 0 Å². The Balaban J connectivity index is 4.18. The van der Waals surface area contributed by atoms with E-state index in [1.165, 1.54) is 0 Å². The van der Waals surface area contributed by atoms with Gasteiger partial charge in [-0.25, -0.2) is 0 Å². The Morgan fingerprint density at radius 3 is 2.47 bits per heavy atom. The van der Waals surface area contributed by atoms with Crippen molar-refractivity contribution in [2.45, 2.75) is 39.7 Å². The zero-order chi connectivity index (χ0) is 12.1. The summed E-state index contributed by atoms with van der Waals surface area (Å²) in [6.07, 6.45) is 0.789. The zero-order valence-corrected chi connectivity index (χ0v) is 9.92. The first kappa shape index (κ1) is 13.8. The Morgan fingerprint density at radius 2 is 2.07 bits per heavy atom. The molecule has 0 radical (unpaired) electrons. The molecular weight excluding hydrogens is 192 g/mol. The van der Waals surface area contributed by atoms with Gasteiger partial charge in [-0.3, -0.25) is 9.79 Å². The highest BCUT2D eigenvalue weighted by Crippen LogP contribution is 2.00. The summed E-state index contributed by atoms with van der Waals surface area (Å²) >= 11 is 0. The number of rotatable bonds is 5. The number of carbonyl (C=O) groups excluding carboxylic acids is 1. The Bertz CT molecular complexity index is 275. The van der Waals surface area contributed by atoms with Gasteiger partial charge >= 0.3 is 0 Å². The van der Waals surface area contributed by atoms with E-state index < -0.39 is 5.60 Å². The van der Waals surface area contributed by atoms with Crippen molar-refractivity contribution in [2.24, 2.45) is 4.99 Å². The van der Waals surface area contributed by atoms with Crippen molar-refractivity contribution in [1.29, 1.82) is 0 Å². The van der Waals surface area contributed by atoms with Gasteiger partial charge in [0.2, 0.25) is 0 Å². The van der Waals surface area contributed by atoms with E-state index in [0.29, 0.717) is 0 Å². The van der Waals surface area contributed by atoms with Crippen LogP contribution >= 0.6 is 0 Å². The fourth-order valence-corrected chi connectivity index (χ4v) is 0.759. The number of nitrogens with one attached hydrogen (secondary N) is 1. The number of aliphatic imine (C=N–C) groups is 1. The molecule has 0 aromatic heterocycles. The van der Waals surface area contributed by atoms with Crippen molar-refractivity contribution >= 4 is 11.6 Å². The minimum atomic E-state index is -0.917. The molecule has 0 saturated carbocycles. The van der Waals surface area contributed by atoms with Crippen molar-refractivity contribution in [3.63, 3.8) is 0 Å². The van der Waals surface area contributed by atoms with E-state index in [2.05, 4.69) is 16.9 Å². The van der Waals surface area contributed by atoms with Crippen molar-refractivity contribution in [3.05, 3.63) is 12.3 Å². The van der Waals surface area contributed by atoms with Crippen LogP contribution in [0.1, 0.15) is 34.1 Å². The van der Waals surface area contributed by atoms with Gasteiger partial charge in [-0.1, -0.05) is 13.5 Å². The molecule has 0 spiro atoms. The maximum Gasteiger partial charge on any atom is 0.269 e. The van der Waals surface area contributed by atoms with E-state index in [-0.39, 0.29) is 18.1 Å². The van der Waals surface area contributed by atoms with Crippen molar-refractivity contribution in [3.8, 4) is 0 Å². The largest absolute Gasteiger partial charge is 0.389 e. The number of amides is 1. The van der Waals surface area contributed by atoms with Crippen LogP contribution in [0.4, 0.5) is 0 Å². The molecule has 0 bridgehead atoms. The molecule has 0 unspecified atom stereocenters. The van der Waals surface area contributed by atoms with Gasteiger partial charge in [0.25, 0.3) is 5.91 Å². The molecule has 4 nitrogen and oxygen atoms in total. The molecule has 1 amide bonds. The van der Waals surface area contributed by atoms with E-state index in [1.54, 1.807) is 13.8 Å².